The van der Waals surface area contributed by atoms with Gasteiger partial charge in [0.1, 0.15) is 0 Å². The van der Waals surface area contributed by atoms with Crippen LogP contribution >= 0.6 is 0 Å². The molecule has 0 bridgehead atoms. The summed E-state index contributed by atoms with van der Waals surface area (Å²) in [6.07, 6.45) is 0. The quantitative estimate of drug-likeness (QED) is 0.824. The van der Waals surface area contributed by atoms with Crippen molar-refractivity contribution in [1.29, 1.82) is 0 Å². The maximum Gasteiger partial charge on any atom is 0.317 e. The molecule has 1 aromatic rings. The third kappa shape index (κ3) is 4.57. The monoisotopic (exact) mass is 235 g/mol. The zero-order valence-corrected chi connectivity index (χ0v) is 10.8. The summed E-state index contributed by atoms with van der Waals surface area (Å²) in [6, 6.07) is 10.4. The first-order valence-electron chi connectivity index (χ1n) is 6.01. The summed E-state index contributed by atoms with van der Waals surface area (Å²) in [6.45, 7) is 7.07. The molecule has 0 aromatic heterocycles. The molecule has 0 fully saturated rings. The summed E-state index contributed by atoms with van der Waals surface area (Å²) in [5.74, 6) is -0.420. The normalized spacial score (nSPS) is 13.0. The molecule has 0 aliphatic rings. The molecule has 1 aromatic carbocycles. The summed E-state index contributed by atoms with van der Waals surface area (Å²) in [7, 11) is 0. The van der Waals surface area contributed by atoms with Crippen LogP contribution in [0.2, 0.25) is 0 Å². The SMILES string of the molecule is CC(CN(CC(=O)O)C(C)C)c1ccccc1. The van der Waals surface area contributed by atoms with E-state index in [0.717, 1.165) is 6.54 Å². The van der Waals surface area contributed by atoms with Crippen molar-refractivity contribution >= 4 is 5.97 Å². The Morgan fingerprint density at radius 1 is 1.24 bits per heavy atom. The van der Waals surface area contributed by atoms with Gasteiger partial charge in [0.05, 0.1) is 6.54 Å². The number of hydrogen-bond donors (Lipinski definition) is 1. The van der Waals surface area contributed by atoms with Gasteiger partial charge in [-0.05, 0) is 25.3 Å². The minimum Gasteiger partial charge on any atom is -0.480 e. The molecular weight excluding hydrogens is 214 g/mol. The second-order valence-corrected chi connectivity index (χ2v) is 4.73. The number of carbonyl (C=O) groups is 1. The van der Waals surface area contributed by atoms with Gasteiger partial charge in [0.2, 0.25) is 0 Å². The third-order valence-corrected chi connectivity index (χ3v) is 2.95. The van der Waals surface area contributed by atoms with E-state index in [0.29, 0.717) is 5.92 Å². The standard InChI is InChI=1S/C14H21NO2/c1-11(2)15(10-14(16)17)9-12(3)13-7-5-4-6-8-13/h4-8,11-12H,9-10H2,1-3H3,(H,16,17). The molecule has 0 aliphatic heterocycles. The van der Waals surface area contributed by atoms with Crippen LogP contribution in [0, 0.1) is 0 Å². The molecule has 3 nitrogen and oxygen atoms in total. The van der Waals surface area contributed by atoms with Crippen molar-refractivity contribution in [2.45, 2.75) is 32.7 Å². The summed E-state index contributed by atoms with van der Waals surface area (Å²) in [4.78, 5) is 12.8. The van der Waals surface area contributed by atoms with Crippen LogP contribution in [-0.2, 0) is 4.79 Å². The summed E-state index contributed by atoms with van der Waals surface area (Å²) in [5.41, 5.74) is 1.25. The van der Waals surface area contributed by atoms with E-state index in [-0.39, 0.29) is 12.6 Å². The molecular formula is C14H21NO2. The van der Waals surface area contributed by atoms with Gasteiger partial charge in [-0.15, -0.1) is 0 Å². The predicted octanol–water partition coefficient (Wildman–Crippen LogP) is 2.59. The molecule has 0 heterocycles. The molecule has 3 heteroatoms. The lowest BCUT2D eigenvalue weighted by molar-refractivity contribution is -0.138. The lowest BCUT2D eigenvalue weighted by Crippen LogP contribution is -2.38. The average molecular weight is 235 g/mol. The molecule has 0 radical (unpaired) electrons. The van der Waals surface area contributed by atoms with Gasteiger partial charge in [-0.25, -0.2) is 0 Å². The van der Waals surface area contributed by atoms with Crippen LogP contribution in [0.25, 0.3) is 0 Å². The van der Waals surface area contributed by atoms with Crippen molar-refractivity contribution in [3.63, 3.8) is 0 Å². The molecule has 1 atom stereocenters. The number of rotatable bonds is 6. The van der Waals surface area contributed by atoms with Crippen LogP contribution < -0.4 is 0 Å². The lowest BCUT2D eigenvalue weighted by Gasteiger charge is -2.27. The van der Waals surface area contributed by atoms with Gasteiger partial charge in [-0.1, -0.05) is 37.3 Å². The summed E-state index contributed by atoms with van der Waals surface area (Å²) >= 11 is 0. The van der Waals surface area contributed by atoms with E-state index in [9.17, 15) is 4.79 Å². The molecule has 0 saturated heterocycles. The van der Waals surface area contributed by atoms with Gasteiger partial charge in [0, 0.05) is 12.6 Å². The maximum absolute atomic E-state index is 10.8. The van der Waals surface area contributed by atoms with E-state index < -0.39 is 5.97 Å². The molecule has 1 rings (SSSR count). The Hall–Kier alpha value is -1.35. The molecule has 0 spiro atoms. The summed E-state index contributed by atoms with van der Waals surface area (Å²) in [5, 5.41) is 8.87. The number of carboxylic acid groups (broad SMARTS) is 1. The first-order chi connectivity index (χ1) is 8.00. The fourth-order valence-corrected chi connectivity index (χ4v) is 1.87. The minimum atomic E-state index is -0.765. The van der Waals surface area contributed by atoms with Crippen molar-refractivity contribution in [3.8, 4) is 0 Å². The Balaban J connectivity index is 2.64. The third-order valence-electron chi connectivity index (χ3n) is 2.95. The highest BCUT2D eigenvalue weighted by Crippen LogP contribution is 2.17. The maximum atomic E-state index is 10.8. The second kappa shape index (κ2) is 6.40. The average Bonchev–Trinajstić information content (AvgIpc) is 2.28. The molecule has 1 N–H and O–H groups in total. The minimum absolute atomic E-state index is 0.106. The van der Waals surface area contributed by atoms with Crippen LogP contribution in [-0.4, -0.2) is 35.1 Å². The van der Waals surface area contributed by atoms with Crippen LogP contribution in [0.15, 0.2) is 30.3 Å². The lowest BCUT2D eigenvalue weighted by atomic mass is 10.0. The highest BCUT2D eigenvalue weighted by molar-refractivity contribution is 5.69. The fourth-order valence-electron chi connectivity index (χ4n) is 1.87. The highest BCUT2D eigenvalue weighted by atomic mass is 16.4. The van der Waals surface area contributed by atoms with E-state index >= 15 is 0 Å². The smallest absolute Gasteiger partial charge is 0.317 e. The number of nitrogens with zero attached hydrogens (tertiary/aromatic N) is 1. The van der Waals surface area contributed by atoms with Gasteiger partial charge in [0.15, 0.2) is 0 Å². The second-order valence-electron chi connectivity index (χ2n) is 4.73. The Bertz CT molecular complexity index is 348. The van der Waals surface area contributed by atoms with Crippen molar-refractivity contribution in [2.24, 2.45) is 0 Å². The van der Waals surface area contributed by atoms with Gasteiger partial charge in [0.25, 0.3) is 0 Å². The van der Waals surface area contributed by atoms with Gasteiger partial charge in [-0.2, -0.15) is 0 Å². The highest BCUT2D eigenvalue weighted by Gasteiger charge is 2.17. The molecule has 0 saturated carbocycles. The number of hydrogen-bond acceptors (Lipinski definition) is 2. The number of aliphatic carboxylic acids is 1. The molecule has 1 unspecified atom stereocenters. The van der Waals surface area contributed by atoms with Gasteiger partial charge >= 0.3 is 5.97 Å². The van der Waals surface area contributed by atoms with Crippen LogP contribution in [0.5, 0.6) is 0 Å². The van der Waals surface area contributed by atoms with E-state index in [2.05, 4.69) is 19.1 Å². The van der Waals surface area contributed by atoms with Gasteiger partial charge in [-0.3, -0.25) is 9.69 Å². The molecule has 17 heavy (non-hydrogen) atoms. The van der Waals surface area contributed by atoms with Crippen LogP contribution in [0.4, 0.5) is 0 Å². The number of benzene rings is 1. The van der Waals surface area contributed by atoms with E-state index in [1.807, 2.05) is 36.9 Å². The van der Waals surface area contributed by atoms with Crippen molar-refractivity contribution in [3.05, 3.63) is 35.9 Å². The Labute approximate surface area is 103 Å². The molecule has 94 valence electrons. The zero-order chi connectivity index (χ0) is 12.8. The first-order valence-corrected chi connectivity index (χ1v) is 6.01. The first kappa shape index (κ1) is 13.7. The Kier molecular flexibility index (Phi) is 5.16. The van der Waals surface area contributed by atoms with E-state index in [4.69, 9.17) is 5.11 Å². The largest absolute Gasteiger partial charge is 0.480 e. The van der Waals surface area contributed by atoms with Gasteiger partial charge < -0.3 is 5.11 Å². The van der Waals surface area contributed by atoms with E-state index in [1.165, 1.54) is 5.56 Å². The Morgan fingerprint density at radius 2 is 1.82 bits per heavy atom. The molecule has 0 amide bonds. The van der Waals surface area contributed by atoms with E-state index in [1.54, 1.807) is 0 Å². The predicted molar refractivity (Wildman–Crippen MR) is 69.2 cm³/mol. The topological polar surface area (TPSA) is 40.5 Å². The fraction of sp³-hybridized carbons (Fsp3) is 0.500. The van der Waals surface area contributed by atoms with Crippen molar-refractivity contribution in [2.75, 3.05) is 13.1 Å². The van der Waals surface area contributed by atoms with Crippen LogP contribution in [0.1, 0.15) is 32.3 Å². The van der Waals surface area contributed by atoms with Crippen LogP contribution in [0.3, 0.4) is 0 Å². The van der Waals surface area contributed by atoms with Crippen molar-refractivity contribution in [1.82, 2.24) is 4.90 Å². The zero-order valence-electron chi connectivity index (χ0n) is 10.8. The molecule has 0 aliphatic carbocycles. The summed E-state index contributed by atoms with van der Waals surface area (Å²) < 4.78 is 0. The Morgan fingerprint density at radius 3 is 2.29 bits per heavy atom. The number of carboxylic acids is 1. The van der Waals surface area contributed by atoms with Crippen molar-refractivity contribution < 1.29 is 9.90 Å².